The van der Waals surface area contributed by atoms with Crippen LogP contribution in [0, 0.1) is 13.8 Å². The zero-order valence-electron chi connectivity index (χ0n) is 10.5. The molecular formula is C11H15N5OS. The quantitative estimate of drug-likeness (QED) is 0.505. The maximum absolute atomic E-state index is 12.1. The van der Waals surface area contributed by atoms with E-state index in [4.69, 9.17) is 5.84 Å². The summed E-state index contributed by atoms with van der Waals surface area (Å²) >= 11 is 1.29. The molecule has 18 heavy (non-hydrogen) atoms. The van der Waals surface area contributed by atoms with Crippen LogP contribution in [-0.4, -0.2) is 31.0 Å². The Labute approximate surface area is 109 Å². The van der Waals surface area contributed by atoms with Gasteiger partial charge in [0.25, 0.3) is 0 Å². The summed E-state index contributed by atoms with van der Waals surface area (Å²) in [5, 5.41) is 8.02. The highest BCUT2D eigenvalue weighted by molar-refractivity contribution is 7.99. The van der Waals surface area contributed by atoms with Gasteiger partial charge in [0, 0.05) is 24.0 Å². The second-order valence-corrected chi connectivity index (χ2v) is 5.02. The van der Waals surface area contributed by atoms with Crippen molar-refractivity contribution in [2.45, 2.75) is 19.0 Å². The van der Waals surface area contributed by atoms with Crippen LogP contribution in [0.2, 0.25) is 0 Å². The molecule has 0 saturated heterocycles. The van der Waals surface area contributed by atoms with E-state index in [1.54, 1.807) is 0 Å². The van der Waals surface area contributed by atoms with E-state index < -0.39 is 0 Å². The fourth-order valence-corrected chi connectivity index (χ4v) is 2.40. The van der Waals surface area contributed by atoms with Crippen LogP contribution >= 0.6 is 11.8 Å². The van der Waals surface area contributed by atoms with Gasteiger partial charge in [0.2, 0.25) is 5.16 Å². The predicted molar refractivity (Wildman–Crippen MR) is 70.1 cm³/mol. The average molecular weight is 265 g/mol. The monoisotopic (exact) mass is 265 g/mol. The molecule has 7 heteroatoms. The minimum absolute atomic E-state index is 0.0733. The highest BCUT2D eigenvalue weighted by atomic mass is 32.2. The number of nitrogens with zero attached hydrogens (tertiary/aromatic N) is 4. The van der Waals surface area contributed by atoms with Gasteiger partial charge in [0.1, 0.15) is 6.33 Å². The molecule has 0 aliphatic carbocycles. The Balaban J connectivity index is 2.09. The summed E-state index contributed by atoms with van der Waals surface area (Å²) in [6.45, 7) is 3.92. The molecule has 2 N–H and O–H groups in total. The summed E-state index contributed by atoms with van der Waals surface area (Å²) in [6.07, 6.45) is 1.41. The molecule has 0 amide bonds. The predicted octanol–water partition coefficient (Wildman–Crippen LogP) is 0.922. The number of nitrogens with two attached hydrogens (primary N) is 1. The van der Waals surface area contributed by atoms with Gasteiger partial charge in [-0.25, -0.2) is 4.68 Å². The molecule has 0 atom stereocenters. The number of hydrogen-bond donors (Lipinski definition) is 1. The molecule has 2 aromatic heterocycles. The smallest absolute Gasteiger partial charge is 0.209 e. The molecular weight excluding hydrogens is 250 g/mol. The number of thioether (sulfide) groups is 1. The van der Waals surface area contributed by atoms with Gasteiger partial charge in [-0.15, -0.1) is 10.2 Å². The Kier molecular flexibility index (Phi) is 3.42. The van der Waals surface area contributed by atoms with Crippen LogP contribution in [0.1, 0.15) is 21.7 Å². The number of aromatic nitrogens is 4. The molecule has 0 aliphatic heterocycles. The summed E-state index contributed by atoms with van der Waals surface area (Å²) in [7, 11) is 1.95. The lowest BCUT2D eigenvalue weighted by Gasteiger charge is -2.02. The Morgan fingerprint density at radius 1 is 1.50 bits per heavy atom. The molecule has 2 aromatic rings. The minimum Gasteiger partial charge on any atom is -0.351 e. The van der Waals surface area contributed by atoms with Crippen molar-refractivity contribution in [3.05, 3.63) is 29.3 Å². The van der Waals surface area contributed by atoms with E-state index in [0.29, 0.717) is 10.9 Å². The molecule has 0 radical (unpaired) electrons. The standard InChI is InChI=1S/C11H15N5OS/c1-7-4-9(8(2)15(7)3)10(17)5-18-11-14-13-6-16(11)12/h4,6H,5,12H2,1-3H3. The number of hydrogen-bond acceptors (Lipinski definition) is 5. The number of carbonyl (C=O) groups is 1. The van der Waals surface area contributed by atoms with Crippen LogP contribution in [0.3, 0.4) is 0 Å². The third-order valence-electron chi connectivity index (χ3n) is 2.95. The second kappa shape index (κ2) is 4.85. The second-order valence-electron chi connectivity index (χ2n) is 4.08. The number of nitrogen functional groups attached to an aromatic ring is 1. The molecule has 96 valence electrons. The molecule has 0 bridgehead atoms. The van der Waals surface area contributed by atoms with Crippen LogP contribution < -0.4 is 5.84 Å². The van der Waals surface area contributed by atoms with Crippen LogP contribution in [0.5, 0.6) is 0 Å². The number of aryl methyl sites for hydroxylation is 1. The zero-order chi connectivity index (χ0) is 13.3. The Morgan fingerprint density at radius 3 is 2.72 bits per heavy atom. The molecule has 0 fully saturated rings. The molecule has 6 nitrogen and oxygen atoms in total. The lowest BCUT2D eigenvalue weighted by Crippen LogP contribution is -2.10. The van der Waals surface area contributed by atoms with Crippen molar-refractivity contribution in [2.24, 2.45) is 7.05 Å². The van der Waals surface area contributed by atoms with Gasteiger partial charge in [-0.1, -0.05) is 11.8 Å². The molecule has 2 heterocycles. The Bertz CT molecular complexity index is 586. The molecule has 0 saturated carbocycles. The first kappa shape index (κ1) is 12.7. The molecule has 2 rings (SSSR count). The van der Waals surface area contributed by atoms with Gasteiger partial charge in [0.05, 0.1) is 5.75 Å². The van der Waals surface area contributed by atoms with Gasteiger partial charge in [-0.05, 0) is 19.9 Å². The summed E-state index contributed by atoms with van der Waals surface area (Å²) in [5.74, 6) is 5.96. The van der Waals surface area contributed by atoms with Crippen molar-refractivity contribution in [3.63, 3.8) is 0 Å². The first-order valence-corrected chi connectivity index (χ1v) is 6.43. The van der Waals surface area contributed by atoms with E-state index in [0.717, 1.165) is 17.0 Å². The largest absolute Gasteiger partial charge is 0.351 e. The Hall–Kier alpha value is -1.76. The van der Waals surface area contributed by atoms with Crippen molar-refractivity contribution < 1.29 is 4.79 Å². The lowest BCUT2D eigenvalue weighted by atomic mass is 10.2. The zero-order valence-corrected chi connectivity index (χ0v) is 11.4. The molecule has 0 aliphatic rings. The fourth-order valence-electron chi connectivity index (χ4n) is 1.68. The maximum Gasteiger partial charge on any atom is 0.209 e. The third kappa shape index (κ3) is 2.26. The van der Waals surface area contributed by atoms with E-state index in [1.807, 2.05) is 31.5 Å². The van der Waals surface area contributed by atoms with E-state index in [2.05, 4.69) is 10.2 Å². The molecule has 0 unspecified atom stereocenters. The SMILES string of the molecule is Cc1cc(C(=O)CSc2nncn2N)c(C)n1C. The number of carbonyl (C=O) groups excluding carboxylic acids is 1. The lowest BCUT2D eigenvalue weighted by molar-refractivity contribution is 0.102. The highest BCUT2D eigenvalue weighted by Crippen LogP contribution is 2.19. The first-order valence-electron chi connectivity index (χ1n) is 5.44. The topological polar surface area (TPSA) is 78.7 Å². The van der Waals surface area contributed by atoms with Gasteiger partial charge in [-0.3, -0.25) is 4.79 Å². The van der Waals surface area contributed by atoms with Gasteiger partial charge in [-0.2, -0.15) is 0 Å². The highest BCUT2D eigenvalue weighted by Gasteiger charge is 2.15. The van der Waals surface area contributed by atoms with Crippen molar-refractivity contribution >= 4 is 17.5 Å². The van der Waals surface area contributed by atoms with Gasteiger partial charge < -0.3 is 10.4 Å². The van der Waals surface area contributed by atoms with Crippen molar-refractivity contribution in [3.8, 4) is 0 Å². The van der Waals surface area contributed by atoms with Gasteiger partial charge >= 0.3 is 0 Å². The molecule has 0 spiro atoms. The minimum atomic E-state index is 0.0733. The summed E-state index contributed by atoms with van der Waals surface area (Å²) in [4.78, 5) is 12.1. The van der Waals surface area contributed by atoms with E-state index in [-0.39, 0.29) is 5.78 Å². The average Bonchev–Trinajstić information content (AvgIpc) is 2.86. The van der Waals surface area contributed by atoms with Crippen LogP contribution in [0.25, 0.3) is 0 Å². The van der Waals surface area contributed by atoms with Crippen molar-refractivity contribution in [1.82, 2.24) is 19.4 Å². The maximum atomic E-state index is 12.1. The first-order chi connectivity index (χ1) is 8.50. The van der Waals surface area contributed by atoms with Crippen LogP contribution in [-0.2, 0) is 7.05 Å². The summed E-state index contributed by atoms with van der Waals surface area (Å²) in [6, 6.07) is 1.91. The van der Waals surface area contributed by atoms with Crippen molar-refractivity contribution in [2.75, 3.05) is 11.6 Å². The third-order valence-corrected chi connectivity index (χ3v) is 3.91. The Morgan fingerprint density at radius 2 is 2.22 bits per heavy atom. The summed E-state index contributed by atoms with van der Waals surface area (Å²) in [5.41, 5.74) is 2.81. The van der Waals surface area contributed by atoms with Crippen LogP contribution in [0.15, 0.2) is 17.6 Å². The fraction of sp³-hybridized carbons (Fsp3) is 0.364. The number of ketones is 1. The molecule has 0 aromatic carbocycles. The van der Waals surface area contributed by atoms with Crippen LogP contribution in [0.4, 0.5) is 0 Å². The van der Waals surface area contributed by atoms with E-state index >= 15 is 0 Å². The normalized spacial score (nSPS) is 10.8. The van der Waals surface area contributed by atoms with Crippen molar-refractivity contribution in [1.29, 1.82) is 0 Å². The van der Waals surface area contributed by atoms with E-state index in [1.165, 1.54) is 22.8 Å². The number of Topliss-reactive ketones (excluding diaryl/α,β-unsaturated/α-hetero) is 1. The van der Waals surface area contributed by atoms with E-state index in [9.17, 15) is 4.79 Å². The summed E-state index contributed by atoms with van der Waals surface area (Å²) < 4.78 is 3.31. The van der Waals surface area contributed by atoms with Gasteiger partial charge in [0.15, 0.2) is 5.78 Å². The number of rotatable bonds is 4.